The Kier molecular flexibility index (Phi) is 4.50. The molecule has 1 saturated carbocycles. The summed E-state index contributed by atoms with van der Waals surface area (Å²) in [7, 11) is 0. The van der Waals surface area contributed by atoms with Crippen LogP contribution in [0.5, 0.6) is 0 Å². The van der Waals surface area contributed by atoms with Gasteiger partial charge in [-0.2, -0.15) is 0 Å². The molecule has 100 valence electrons. The van der Waals surface area contributed by atoms with E-state index < -0.39 is 0 Å². The summed E-state index contributed by atoms with van der Waals surface area (Å²) < 4.78 is 1.16. The Labute approximate surface area is 119 Å². The van der Waals surface area contributed by atoms with E-state index in [9.17, 15) is 0 Å². The smallest absolute Gasteiger partial charge is 0.0175 e. The van der Waals surface area contributed by atoms with Crippen LogP contribution in [0.15, 0.2) is 28.7 Å². The first-order valence-corrected chi connectivity index (χ1v) is 7.72. The summed E-state index contributed by atoms with van der Waals surface area (Å²) in [6.45, 7) is 8.20. The number of benzene rings is 1. The Balaban J connectivity index is 1.96. The second-order valence-corrected chi connectivity index (χ2v) is 7.49. The number of hydrogen-bond acceptors (Lipinski definition) is 1. The summed E-state index contributed by atoms with van der Waals surface area (Å²) in [5.74, 6) is 0.694. The lowest BCUT2D eigenvalue weighted by Crippen LogP contribution is -2.34. The van der Waals surface area contributed by atoms with Gasteiger partial charge in [0.25, 0.3) is 0 Å². The van der Waals surface area contributed by atoms with Crippen molar-refractivity contribution in [2.45, 2.75) is 46.1 Å². The van der Waals surface area contributed by atoms with E-state index in [4.69, 9.17) is 0 Å². The van der Waals surface area contributed by atoms with Crippen molar-refractivity contribution < 1.29 is 0 Å². The van der Waals surface area contributed by atoms with E-state index in [1.54, 1.807) is 0 Å². The lowest BCUT2D eigenvalue weighted by molar-refractivity contribution is 0.230. The highest BCUT2D eigenvalue weighted by molar-refractivity contribution is 9.10. The van der Waals surface area contributed by atoms with Crippen LogP contribution in [0.1, 0.15) is 39.2 Å². The summed E-state index contributed by atoms with van der Waals surface area (Å²) in [4.78, 5) is 0. The van der Waals surface area contributed by atoms with Gasteiger partial charge in [0, 0.05) is 10.5 Å². The Morgan fingerprint density at radius 1 is 1.22 bits per heavy atom. The van der Waals surface area contributed by atoms with Crippen LogP contribution in [-0.2, 0) is 6.42 Å². The molecular weight excluding hydrogens is 286 g/mol. The van der Waals surface area contributed by atoms with Gasteiger partial charge in [-0.15, -0.1) is 0 Å². The minimum absolute atomic E-state index is 0.356. The van der Waals surface area contributed by atoms with Crippen molar-refractivity contribution in [1.82, 2.24) is 5.32 Å². The van der Waals surface area contributed by atoms with Crippen molar-refractivity contribution in [3.63, 3.8) is 0 Å². The fourth-order valence-corrected chi connectivity index (χ4v) is 2.45. The molecule has 0 spiro atoms. The van der Waals surface area contributed by atoms with E-state index in [-0.39, 0.29) is 0 Å². The van der Waals surface area contributed by atoms with E-state index in [1.165, 1.54) is 18.4 Å². The quantitative estimate of drug-likeness (QED) is 0.849. The van der Waals surface area contributed by atoms with Crippen LogP contribution in [0.25, 0.3) is 0 Å². The molecule has 0 heterocycles. The SMILES string of the molecule is CC(C)(C)C(CNC1CC1)Cc1ccc(Br)cc1. The molecule has 1 nitrogen and oxygen atoms in total. The summed E-state index contributed by atoms with van der Waals surface area (Å²) in [5, 5.41) is 3.69. The van der Waals surface area contributed by atoms with Gasteiger partial charge in [-0.05, 0) is 54.8 Å². The van der Waals surface area contributed by atoms with Crippen LogP contribution in [0.2, 0.25) is 0 Å². The third-order valence-corrected chi connectivity index (χ3v) is 4.38. The Morgan fingerprint density at radius 3 is 2.33 bits per heavy atom. The summed E-state index contributed by atoms with van der Waals surface area (Å²) in [6.07, 6.45) is 3.90. The van der Waals surface area contributed by atoms with Crippen LogP contribution in [0.3, 0.4) is 0 Å². The molecule has 1 fully saturated rings. The fraction of sp³-hybridized carbons (Fsp3) is 0.625. The van der Waals surface area contributed by atoms with Crippen molar-refractivity contribution in [1.29, 1.82) is 0 Å². The predicted octanol–water partition coefficient (Wildman–Crippen LogP) is 4.41. The molecule has 0 amide bonds. The van der Waals surface area contributed by atoms with E-state index >= 15 is 0 Å². The minimum Gasteiger partial charge on any atom is -0.314 e. The predicted molar refractivity (Wildman–Crippen MR) is 81.8 cm³/mol. The molecule has 0 aliphatic heterocycles. The average Bonchev–Trinajstić information content (AvgIpc) is 3.09. The maximum absolute atomic E-state index is 3.69. The molecule has 2 rings (SSSR count). The summed E-state index contributed by atoms with van der Waals surface area (Å²) >= 11 is 3.50. The van der Waals surface area contributed by atoms with Gasteiger partial charge in [0.1, 0.15) is 0 Å². The molecule has 1 aromatic rings. The van der Waals surface area contributed by atoms with Gasteiger partial charge in [0.15, 0.2) is 0 Å². The van der Waals surface area contributed by atoms with Crippen molar-refractivity contribution in [3.05, 3.63) is 34.3 Å². The van der Waals surface area contributed by atoms with Crippen LogP contribution >= 0.6 is 15.9 Å². The van der Waals surface area contributed by atoms with Gasteiger partial charge in [-0.25, -0.2) is 0 Å². The van der Waals surface area contributed by atoms with Gasteiger partial charge >= 0.3 is 0 Å². The number of rotatable bonds is 5. The van der Waals surface area contributed by atoms with Crippen molar-refractivity contribution in [3.8, 4) is 0 Å². The van der Waals surface area contributed by atoms with E-state index in [0.717, 1.165) is 23.5 Å². The normalized spacial score (nSPS) is 17.8. The molecule has 0 saturated heterocycles. The van der Waals surface area contributed by atoms with Gasteiger partial charge in [-0.3, -0.25) is 0 Å². The highest BCUT2D eigenvalue weighted by Crippen LogP contribution is 2.30. The van der Waals surface area contributed by atoms with Gasteiger partial charge in [-0.1, -0.05) is 48.8 Å². The molecular formula is C16H24BrN. The molecule has 0 aromatic heterocycles. The number of nitrogens with one attached hydrogen (secondary N) is 1. The standard InChI is InChI=1S/C16H24BrN/c1-16(2,3)13(11-18-15-8-9-15)10-12-4-6-14(17)7-5-12/h4-7,13,15,18H,8-11H2,1-3H3. The monoisotopic (exact) mass is 309 g/mol. The minimum atomic E-state index is 0.356. The molecule has 1 aliphatic carbocycles. The summed E-state index contributed by atoms with van der Waals surface area (Å²) in [5.41, 5.74) is 1.80. The molecule has 2 heteroatoms. The molecule has 1 aliphatic rings. The zero-order chi connectivity index (χ0) is 13.2. The van der Waals surface area contributed by atoms with Gasteiger partial charge < -0.3 is 5.32 Å². The maximum atomic E-state index is 3.69. The molecule has 0 bridgehead atoms. The van der Waals surface area contributed by atoms with Crippen LogP contribution in [0.4, 0.5) is 0 Å². The lowest BCUT2D eigenvalue weighted by Gasteiger charge is -2.31. The Morgan fingerprint density at radius 2 is 1.83 bits per heavy atom. The Bertz CT molecular complexity index is 373. The topological polar surface area (TPSA) is 12.0 Å². The van der Waals surface area contributed by atoms with Crippen molar-refractivity contribution in [2.24, 2.45) is 11.3 Å². The first kappa shape index (κ1) is 14.1. The first-order chi connectivity index (χ1) is 8.45. The number of halogens is 1. The Hall–Kier alpha value is -0.340. The van der Waals surface area contributed by atoms with Gasteiger partial charge in [0.05, 0.1) is 0 Å². The molecule has 1 aromatic carbocycles. The van der Waals surface area contributed by atoms with Crippen LogP contribution in [0, 0.1) is 11.3 Å². The zero-order valence-corrected chi connectivity index (χ0v) is 13.3. The van der Waals surface area contributed by atoms with Crippen LogP contribution < -0.4 is 5.32 Å². The second kappa shape index (κ2) is 5.75. The van der Waals surface area contributed by atoms with Crippen molar-refractivity contribution >= 4 is 15.9 Å². The largest absolute Gasteiger partial charge is 0.314 e. The fourth-order valence-electron chi connectivity index (χ4n) is 2.19. The van der Waals surface area contributed by atoms with E-state index in [0.29, 0.717) is 11.3 Å². The molecule has 0 radical (unpaired) electrons. The molecule has 1 unspecified atom stereocenters. The van der Waals surface area contributed by atoms with Crippen LogP contribution in [-0.4, -0.2) is 12.6 Å². The van der Waals surface area contributed by atoms with E-state index in [2.05, 4.69) is 66.3 Å². The average molecular weight is 310 g/mol. The van der Waals surface area contributed by atoms with E-state index in [1.807, 2.05) is 0 Å². The zero-order valence-electron chi connectivity index (χ0n) is 11.7. The first-order valence-electron chi connectivity index (χ1n) is 6.93. The van der Waals surface area contributed by atoms with Crippen molar-refractivity contribution in [2.75, 3.05) is 6.54 Å². The lowest BCUT2D eigenvalue weighted by atomic mass is 9.77. The highest BCUT2D eigenvalue weighted by Gasteiger charge is 2.28. The second-order valence-electron chi connectivity index (χ2n) is 6.58. The molecule has 1 N–H and O–H groups in total. The maximum Gasteiger partial charge on any atom is 0.0175 e. The third kappa shape index (κ3) is 4.40. The molecule has 1 atom stereocenters. The highest BCUT2D eigenvalue weighted by atomic mass is 79.9. The van der Waals surface area contributed by atoms with Gasteiger partial charge in [0.2, 0.25) is 0 Å². The summed E-state index contributed by atoms with van der Waals surface area (Å²) in [6, 6.07) is 9.56. The number of hydrogen-bond donors (Lipinski definition) is 1. The molecule has 18 heavy (non-hydrogen) atoms. The third-order valence-electron chi connectivity index (χ3n) is 3.85.